The van der Waals surface area contributed by atoms with E-state index in [1.165, 1.54) is 23.9 Å². The van der Waals surface area contributed by atoms with Crippen LogP contribution in [0.4, 0.5) is 18.0 Å². The first-order valence-corrected chi connectivity index (χ1v) is 14.0. The summed E-state index contributed by atoms with van der Waals surface area (Å²) in [5.41, 5.74) is 6.88. The minimum atomic E-state index is -3.13. The average molecular weight is 567 g/mol. The maximum atomic E-state index is 15.6. The Kier molecular flexibility index (Phi) is 7.63. The molecule has 2 aromatic carbocycles. The summed E-state index contributed by atoms with van der Waals surface area (Å²) in [7, 11) is 0. The molecular weight excluding hydrogens is 529 g/mol. The lowest BCUT2D eigenvalue weighted by Crippen LogP contribution is -2.55. The highest BCUT2D eigenvalue weighted by atomic mass is 19.3. The number of carbonyl (C=O) groups excluding carboxylic acids is 1. The number of halogens is 3. The standard InChI is InChI=1S/C32H37F3N4O2/c1-5-39-28(40)37-38-31(39,18-22-6-10-24(11-7-22)29(2,3)4)16-17-32(34,35)25-12-8-23(9-13-25)27-15-14-26(19-36-27)30(33)20-41-21-30/h6-15,19,38H,5,16-18,20-21H2,1-4H3,(H,37,40). The van der Waals surface area contributed by atoms with Crippen LogP contribution < -0.4 is 10.9 Å². The summed E-state index contributed by atoms with van der Waals surface area (Å²) in [5, 5.41) is 0. The van der Waals surface area contributed by atoms with E-state index >= 15 is 8.78 Å². The molecule has 3 heterocycles. The van der Waals surface area contributed by atoms with Gasteiger partial charge >= 0.3 is 6.03 Å². The van der Waals surface area contributed by atoms with Crippen LogP contribution in [-0.2, 0) is 28.2 Å². The molecule has 0 spiro atoms. The van der Waals surface area contributed by atoms with Gasteiger partial charge in [-0.15, -0.1) is 0 Å². The average Bonchev–Trinajstić information content (AvgIpc) is 3.25. The van der Waals surface area contributed by atoms with Gasteiger partial charge in [-0.2, -0.15) is 0 Å². The number of pyridine rings is 1. The van der Waals surface area contributed by atoms with Crippen molar-refractivity contribution in [3.63, 3.8) is 0 Å². The van der Waals surface area contributed by atoms with Crippen molar-refractivity contribution in [3.8, 4) is 11.3 Å². The van der Waals surface area contributed by atoms with E-state index in [9.17, 15) is 9.18 Å². The molecule has 1 unspecified atom stereocenters. The molecule has 0 aliphatic carbocycles. The van der Waals surface area contributed by atoms with Crippen LogP contribution in [0.3, 0.4) is 0 Å². The van der Waals surface area contributed by atoms with Crippen molar-refractivity contribution < 1.29 is 22.7 Å². The molecule has 0 bridgehead atoms. The Morgan fingerprint density at radius 1 is 0.976 bits per heavy atom. The second-order valence-corrected chi connectivity index (χ2v) is 12.1. The first-order valence-electron chi connectivity index (χ1n) is 14.0. The summed E-state index contributed by atoms with van der Waals surface area (Å²) in [4.78, 5) is 18.5. The Morgan fingerprint density at radius 3 is 2.17 bits per heavy atom. The van der Waals surface area contributed by atoms with Crippen LogP contribution in [0.5, 0.6) is 0 Å². The minimum absolute atomic E-state index is 0.00535. The third-order valence-corrected chi connectivity index (χ3v) is 8.19. The van der Waals surface area contributed by atoms with E-state index in [-0.39, 0.29) is 36.6 Å². The zero-order valence-corrected chi connectivity index (χ0v) is 23.9. The highest BCUT2D eigenvalue weighted by Gasteiger charge is 2.47. The first-order chi connectivity index (χ1) is 19.4. The number of urea groups is 1. The second kappa shape index (κ2) is 10.8. The lowest BCUT2D eigenvalue weighted by atomic mass is 9.85. The summed E-state index contributed by atoms with van der Waals surface area (Å²) in [6.45, 7) is 8.65. The predicted molar refractivity (Wildman–Crippen MR) is 152 cm³/mol. The molecule has 41 heavy (non-hydrogen) atoms. The largest absolute Gasteiger partial charge is 0.374 e. The molecule has 2 saturated heterocycles. The number of rotatable bonds is 9. The normalized spacial score (nSPS) is 20.6. The van der Waals surface area contributed by atoms with Crippen molar-refractivity contribution in [2.75, 3.05) is 19.8 Å². The number of likely N-dealkylation sites (N-methyl/N-ethyl adjacent to an activating group) is 1. The SMILES string of the molecule is CCN1C(=O)NNC1(CCC(F)(F)c1ccc(-c2ccc(C3(F)COC3)cn2)cc1)Cc1ccc(C(C)(C)C)cc1. The third-order valence-electron chi connectivity index (χ3n) is 8.19. The number of carbonyl (C=O) groups is 1. The van der Waals surface area contributed by atoms with Gasteiger partial charge in [0.05, 0.1) is 18.9 Å². The molecule has 5 rings (SSSR count). The molecule has 6 nitrogen and oxygen atoms in total. The Balaban J connectivity index is 1.31. The second-order valence-electron chi connectivity index (χ2n) is 12.1. The number of alkyl halides is 3. The van der Waals surface area contributed by atoms with Crippen LogP contribution >= 0.6 is 0 Å². The van der Waals surface area contributed by atoms with Gasteiger partial charge in [-0.05, 0) is 36.0 Å². The number of benzene rings is 2. The topological polar surface area (TPSA) is 66.5 Å². The summed E-state index contributed by atoms with van der Waals surface area (Å²) in [6.07, 6.45) is 1.43. The quantitative estimate of drug-likeness (QED) is 0.306. The zero-order valence-electron chi connectivity index (χ0n) is 23.9. The van der Waals surface area contributed by atoms with Crippen LogP contribution in [0, 0.1) is 0 Å². The van der Waals surface area contributed by atoms with Crippen molar-refractivity contribution in [1.29, 1.82) is 0 Å². The van der Waals surface area contributed by atoms with Gasteiger partial charge in [-0.1, -0.05) is 75.4 Å². The summed E-state index contributed by atoms with van der Waals surface area (Å²) in [6, 6.07) is 17.2. The van der Waals surface area contributed by atoms with Gasteiger partial charge in [-0.3, -0.25) is 10.4 Å². The third kappa shape index (κ3) is 5.83. The Labute approximate surface area is 239 Å². The fraction of sp³-hybridized carbons (Fsp3) is 0.438. The van der Waals surface area contributed by atoms with Gasteiger partial charge in [0.2, 0.25) is 0 Å². The molecule has 2 fully saturated rings. The van der Waals surface area contributed by atoms with Gasteiger partial charge in [0.15, 0.2) is 5.67 Å². The summed E-state index contributed by atoms with van der Waals surface area (Å²) < 4.78 is 50.7. The first kappa shape index (κ1) is 29.1. The van der Waals surface area contributed by atoms with Crippen molar-refractivity contribution in [2.45, 2.75) is 69.6 Å². The van der Waals surface area contributed by atoms with E-state index in [1.54, 1.807) is 29.2 Å². The monoisotopic (exact) mass is 566 g/mol. The van der Waals surface area contributed by atoms with Crippen molar-refractivity contribution in [1.82, 2.24) is 20.7 Å². The van der Waals surface area contributed by atoms with Crippen LogP contribution in [0.1, 0.15) is 62.8 Å². The van der Waals surface area contributed by atoms with Gasteiger partial charge in [0.1, 0.15) is 5.66 Å². The smallest absolute Gasteiger partial charge is 0.333 e. The molecule has 3 aromatic rings. The lowest BCUT2D eigenvalue weighted by Gasteiger charge is -2.37. The number of ether oxygens (including phenoxy) is 1. The van der Waals surface area contributed by atoms with Crippen molar-refractivity contribution in [2.24, 2.45) is 0 Å². The number of amides is 2. The molecule has 0 radical (unpaired) electrons. The Bertz CT molecular complexity index is 1370. The molecule has 2 amide bonds. The molecule has 1 atom stereocenters. The van der Waals surface area contributed by atoms with Gasteiger partial charge in [0, 0.05) is 42.3 Å². The predicted octanol–water partition coefficient (Wildman–Crippen LogP) is 6.60. The molecule has 218 valence electrons. The van der Waals surface area contributed by atoms with E-state index < -0.39 is 23.7 Å². The van der Waals surface area contributed by atoms with Crippen LogP contribution in [0.15, 0.2) is 66.9 Å². The van der Waals surface area contributed by atoms with E-state index in [2.05, 4.69) is 48.7 Å². The van der Waals surface area contributed by atoms with E-state index in [1.807, 2.05) is 19.1 Å². The molecule has 2 aliphatic heterocycles. The number of hydrogen-bond donors (Lipinski definition) is 2. The number of hydrogen-bond acceptors (Lipinski definition) is 4. The van der Waals surface area contributed by atoms with Gasteiger partial charge < -0.3 is 9.64 Å². The van der Waals surface area contributed by atoms with Gasteiger partial charge in [-0.25, -0.2) is 23.4 Å². The Hall–Kier alpha value is -3.43. The van der Waals surface area contributed by atoms with Gasteiger partial charge in [0.25, 0.3) is 5.92 Å². The fourth-order valence-corrected chi connectivity index (χ4v) is 5.50. The van der Waals surface area contributed by atoms with E-state index in [0.717, 1.165) is 5.56 Å². The van der Waals surface area contributed by atoms with Crippen LogP contribution in [0.2, 0.25) is 0 Å². The number of nitrogens with one attached hydrogen (secondary N) is 2. The van der Waals surface area contributed by atoms with Crippen molar-refractivity contribution >= 4 is 6.03 Å². The lowest BCUT2D eigenvalue weighted by molar-refractivity contribution is -0.135. The van der Waals surface area contributed by atoms with E-state index in [4.69, 9.17) is 4.74 Å². The molecule has 0 saturated carbocycles. The van der Waals surface area contributed by atoms with Crippen LogP contribution in [-0.4, -0.2) is 41.3 Å². The zero-order chi connectivity index (χ0) is 29.5. The molecule has 9 heteroatoms. The number of hydrazine groups is 1. The van der Waals surface area contributed by atoms with Crippen LogP contribution in [0.25, 0.3) is 11.3 Å². The maximum Gasteiger partial charge on any atom is 0.333 e. The molecule has 1 aromatic heterocycles. The maximum absolute atomic E-state index is 15.6. The van der Waals surface area contributed by atoms with E-state index in [0.29, 0.717) is 29.8 Å². The number of nitrogens with zero attached hydrogens (tertiary/aromatic N) is 2. The summed E-state index contributed by atoms with van der Waals surface area (Å²) >= 11 is 0. The molecule has 2 aliphatic rings. The summed E-state index contributed by atoms with van der Waals surface area (Å²) in [5.74, 6) is -3.13. The molecular formula is C32H37F3N4O2. The van der Waals surface area contributed by atoms with Crippen molar-refractivity contribution in [3.05, 3.63) is 89.1 Å². The highest BCUT2D eigenvalue weighted by Crippen LogP contribution is 2.39. The minimum Gasteiger partial charge on any atom is -0.374 e. The highest BCUT2D eigenvalue weighted by molar-refractivity contribution is 5.76. The Morgan fingerprint density at radius 2 is 1.63 bits per heavy atom. The fourth-order valence-electron chi connectivity index (χ4n) is 5.50. The number of aromatic nitrogens is 1. The molecule has 2 N–H and O–H groups in total.